The Labute approximate surface area is 129 Å². The van der Waals surface area contributed by atoms with Crippen LogP contribution in [0.3, 0.4) is 0 Å². The average molecular weight is 320 g/mol. The number of halogens is 3. The van der Waals surface area contributed by atoms with Gasteiger partial charge in [-0.15, -0.1) is 12.4 Å². The van der Waals surface area contributed by atoms with Crippen molar-refractivity contribution >= 4 is 12.4 Å². The summed E-state index contributed by atoms with van der Waals surface area (Å²) in [5, 5.41) is 13.4. The summed E-state index contributed by atoms with van der Waals surface area (Å²) in [4.78, 5) is 0. The zero-order chi connectivity index (χ0) is 14.3. The van der Waals surface area contributed by atoms with Gasteiger partial charge in [-0.1, -0.05) is 6.07 Å². The van der Waals surface area contributed by atoms with Gasteiger partial charge in [-0.25, -0.2) is 4.39 Å². The molecule has 118 valence electrons. The SMILES string of the molecule is Cc1ccc(O[C@@H]2C[C@@H]3CNC[C@@H]3C[C@H]2O)c(F)c1F.Cl. The Bertz CT molecular complexity index is 515. The highest BCUT2D eigenvalue weighted by Gasteiger charge is 2.40. The van der Waals surface area contributed by atoms with E-state index in [1.165, 1.54) is 19.1 Å². The lowest BCUT2D eigenvalue weighted by Gasteiger charge is -2.35. The van der Waals surface area contributed by atoms with E-state index in [1.807, 2.05) is 0 Å². The third-order valence-electron chi connectivity index (χ3n) is 4.51. The van der Waals surface area contributed by atoms with Gasteiger partial charge in [0.25, 0.3) is 0 Å². The van der Waals surface area contributed by atoms with Crippen molar-refractivity contribution in [3.63, 3.8) is 0 Å². The Morgan fingerprint density at radius 3 is 2.52 bits per heavy atom. The van der Waals surface area contributed by atoms with Crippen LogP contribution in [0.25, 0.3) is 0 Å². The number of aliphatic hydroxyl groups is 1. The summed E-state index contributed by atoms with van der Waals surface area (Å²) in [5.41, 5.74) is 0.249. The molecule has 1 aliphatic heterocycles. The molecule has 1 saturated carbocycles. The van der Waals surface area contributed by atoms with E-state index in [0.29, 0.717) is 24.7 Å². The lowest BCUT2D eigenvalue weighted by atomic mass is 9.78. The molecule has 0 spiro atoms. The predicted molar refractivity (Wildman–Crippen MR) is 77.8 cm³/mol. The average Bonchev–Trinajstić information content (AvgIpc) is 2.86. The zero-order valence-electron chi connectivity index (χ0n) is 11.8. The van der Waals surface area contributed by atoms with E-state index >= 15 is 0 Å². The van der Waals surface area contributed by atoms with Gasteiger partial charge in [-0.05, 0) is 56.3 Å². The summed E-state index contributed by atoms with van der Waals surface area (Å²) in [7, 11) is 0. The van der Waals surface area contributed by atoms with Crippen molar-refractivity contribution in [2.24, 2.45) is 11.8 Å². The Hall–Kier alpha value is -0.910. The first-order valence-electron chi connectivity index (χ1n) is 7.06. The number of aryl methyl sites for hydroxylation is 1. The molecule has 2 N–H and O–H groups in total. The second-order valence-corrected chi connectivity index (χ2v) is 5.88. The van der Waals surface area contributed by atoms with E-state index in [9.17, 15) is 13.9 Å². The third kappa shape index (κ3) is 3.15. The van der Waals surface area contributed by atoms with Gasteiger partial charge in [-0.3, -0.25) is 0 Å². The first kappa shape index (κ1) is 16.5. The fourth-order valence-corrected chi connectivity index (χ4v) is 3.27. The number of benzene rings is 1. The van der Waals surface area contributed by atoms with Gasteiger partial charge in [-0.2, -0.15) is 4.39 Å². The molecule has 1 aromatic rings. The van der Waals surface area contributed by atoms with Gasteiger partial charge in [0.15, 0.2) is 11.6 Å². The van der Waals surface area contributed by atoms with Crippen molar-refractivity contribution < 1.29 is 18.6 Å². The van der Waals surface area contributed by atoms with E-state index in [-0.39, 0.29) is 23.7 Å². The predicted octanol–water partition coefficient (Wildman–Crippen LogP) is 2.43. The minimum absolute atomic E-state index is 0. The fraction of sp³-hybridized carbons (Fsp3) is 0.600. The van der Waals surface area contributed by atoms with Crippen LogP contribution in [0.1, 0.15) is 18.4 Å². The van der Waals surface area contributed by atoms with Crippen LogP contribution in [0.15, 0.2) is 12.1 Å². The van der Waals surface area contributed by atoms with Gasteiger partial charge >= 0.3 is 0 Å². The van der Waals surface area contributed by atoms with E-state index in [2.05, 4.69) is 5.32 Å². The monoisotopic (exact) mass is 319 g/mol. The number of ether oxygens (including phenoxy) is 1. The smallest absolute Gasteiger partial charge is 0.200 e. The van der Waals surface area contributed by atoms with Crippen LogP contribution >= 0.6 is 12.4 Å². The van der Waals surface area contributed by atoms with Gasteiger partial charge in [0.1, 0.15) is 6.10 Å². The Balaban J connectivity index is 0.00000161. The van der Waals surface area contributed by atoms with Gasteiger partial charge in [0.05, 0.1) is 6.10 Å². The van der Waals surface area contributed by atoms with Crippen LogP contribution < -0.4 is 10.1 Å². The summed E-state index contributed by atoms with van der Waals surface area (Å²) >= 11 is 0. The molecule has 2 aliphatic rings. The topological polar surface area (TPSA) is 41.5 Å². The van der Waals surface area contributed by atoms with Crippen LogP contribution in [0.5, 0.6) is 5.75 Å². The number of fused-ring (bicyclic) bond motifs is 1. The van der Waals surface area contributed by atoms with Gasteiger partial charge < -0.3 is 15.2 Å². The first-order chi connectivity index (χ1) is 9.56. The molecule has 1 aliphatic carbocycles. The molecule has 0 unspecified atom stereocenters. The molecule has 3 rings (SSSR count). The minimum Gasteiger partial charge on any atom is -0.485 e. The van der Waals surface area contributed by atoms with Crippen LogP contribution in [-0.4, -0.2) is 30.4 Å². The summed E-state index contributed by atoms with van der Waals surface area (Å²) in [6.07, 6.45) is 0.235. The molecule has 0 amide bonds. The molecular formula is C15H20ClF2NO2. The first-order valence-corrected chi connectivity index (χ1v) is 7.06. The van der Waals surface area contributed by atoms with Crippen molar-refractivity contribution in [3.8, 4) is 5.75 Å². The quantitative estimate of drug-likeness (QED) is 0.880. The number of hydrogen-bond donors (Lipinski definition) is 2. The minimum atomic E-state index is -0.969. The fourth-order valence-electron chi connectivity index (χ4n) is 3.27. The van der Waals surface area contributed by atoms with Gasteiger partial charge in [0, 0.05) is 0 Å². The van der Waals surface area contributed by atoms with Crippen molar-refractivity contribution in [2.75, 3.05) is 13.1 Å². The second-order valence-electron chi connectivity index (χ2n) is 5.88. The third-order valence-corrected chi connectivity index (χ3v) is 4.51. The van der Waals surface area contributed by atoms with Gasteiger partial charge in [0.2, 0.25) is 5.82 Å². The van der Waals surface area contributed by atoms with Crippen LogP contribution in [0.2, 0.25) is 0 Å². The Morgan fingerprint density at radius 1 is 1.14 bits per heavy atom. The second kappa shape index (κ2) is 6.46. The van der Waals surface area contributed by atoms with Crippen molar-refractivity contribution in [3.05, 3.63) is 29.3 Å². The lowest BCUT2D eigenvalue weighted by molar-refractivity contribution is -0.0249. The largest absolute Gasteiger partial charge is 0.485 e. The maximum atomic E-state index is 13.8. The van der Waals surface area contributed by atoms with E-state index in [1.54, 1.807) is 0 Å². The number of nitrogens with one attached hydrogen (secondary N) is 1. The standard InChI is InChI=1S/C15H19F2NO2.ClH/c1-8-2-3-12(15(17)14(8)16)20-13-5-10-7-18-6-9(10)4-11(13)19;/h2-3,9-11,13,18-19H,4-7H2,1H3;1H/t9-,10+,11+,13+;/m0./s1. The molecule has 1 heterocycles. The number of rotatable bonds is 2. The maximum Gasteiger partial charge on any atom is 0.200 e. The highest BCUT2D eigenvalue weighted by atomic mass is 35.5. The highest BCUT2D eigenvalue weighted by molar-refractivity contribution is 5.85. The summed E-state index contributed by atoms with van der Waals surface area (Å²) in [6.45, 7) is 3.33. The molecule has 3 nitrogen and oxygen atoms in total. The van der Waals surface area contributed by atoms with E-state index in [0.717, 1.165) is 13.1 Å². The zero-order valence-corrected chi connectivity index (χ0v) is 12.6. The molecule has 0 bridgehead atoms. The molecule has 0 aromatic heterocycles. The lowest BCUT2D eigenvalue weighted by Crippen LogP contribution is -2.42. The van der Waals surface area contributed by atoms with Crippen LogP contribution in [0, 0.1) is 30.4 Å². The number of hydrogen-bond acceptors (Lipinski definition) is 3. The molecule has 0 radical (unpaired) electrons. The molecule has 21 heavy (non-hydrogen) atoms. The Kier molecular flexibility index (Phi) is 5.07. The van der Waals surface area contributed by atoms with Crippen molar-refractivity contribution in [2.45, 2.75) is 32.0 Å². The number of aliphatic hydroxyl groups excluding tert-OH is 1. The molecule has 6 heteroatoms. The normalized spacial score (nSPS) is 31.4. The molecule has 1 aromatic carbocycles. The molecule has 4 atom stereocenters. The van der Waals surface area contributed by atoms with E-state index < -0.39 is 23.8 Å². The molecular weight excluding hydrogens is 300 g/mol. The maximum absolute atomic E-state index is 13.8. The van der Waals surface area contributed by atoms with Crippen LogP contribution in [0.4, 0.5) is 8.78 Å². The van der Waals surface area contributed by atoms with Crippen molar-refractivity contribution in [1.29, 1.82) is 0 Å². The summed E-state index contributed by atoms with van der Waals surface area (Å²) in [5.74, 6) is -1.05. The molecule has 1 saturated heterocycles. The highest BCUT2D eigenvalue weighted by Crippen LogP contribution is 2.35. The van der Waals surface area contributed by atoms with Crippen LogP contribution in [-0.2, 0) is 0 Å². The summed E-state index contributed by atoms with van der Waals surface area (Å²) in [6, 6.07) is 2.92. The summed E-state index contributed by atoms with van der Waals surface area (Å²) < 4.78 is 32.9. The Morgan fingerprint density at radius 2 is 1.81 bits per heavy atom. The van der Waals surface area contributed by atoms with E-state index in [4.69, 9.17) is 4.74 Å². The molecule has 2 fully saturated rings. The van der Waals surface area contributed by atoms with Crippen molar-refractivity contribution in [1.82, 2.24) is 5.32 Å².